The van der Waals surface area contributed by atoms with Gasteiger partial charge in [-0.25, -0.2) is 0 Å². The van der Waals surface area contributed by atoms with Crippen LogP contribution in [0.3, 0.4) is 0 Å². The fraction of sp³-hybridized carbons (Fsp3) is 1.00. The molecule has 0 saturated carbocycles. The second-order valence-electron chi connectivity index (χ2n) is 1.62. The summed E-state index contributed by atoms with van der Waals surface area (Å²) < 4.78 is 0. The largest absolute Gasteiger partial charge is 0.344 e. The van der Waals surface area contributed by atoms with Crippen LogP contribution in [0.1, 0.15) is 20.8 Å². The first-order chi connectivity index (χ1) is 3.35. The predicted octanol–water partition coefficient (Wildman–Crippen LogP) is 1.83. The number of nitrogens with zero attached hydrogens (tertiary/aromatic N) is 1. The van der Waals surface area contributed by atoms with E-state index in [0.29, 0.717) is 0 Å². The smallest absolute Gasteiger partial charge is 0.00474 e. The standard InChI is InChI=1S/C6H15N.3H3N/c1-4-7(5-2)6-3;;;/h4-6H2,1-3H3;3*1H3. The molecular formula is C6H24N4. The zero-order valence-corrected chi connectivity index (χ0v) is 7.69. The predicted molar refractivity (Wildman–Crippen MR) is 48.5 cm³/mol. The van der Waals surface area contributed by atoms with Gasteiger partial charge in [0.2, 0.25) is 0 Å². The molecule has 10 heavy (non-hydrogen) atoms. The Balaban J connectivity index is -0.0000000600. The molecule has 68 valence electrons. The topological polar surface area (TPSA) is 108 Å². The molecule has 0 aromatic heterocycles. The zero-order chi connectivity index (χ0) is 5.70. The van der Waals surface area contributed by atoms with Crippen LogP contribution in [-0.2, 0) is 0 Å². The molecule has 0 amide bonds. The summed E-state index contributed by atoms with van der Waals surface area (Å²) in [4.78, 5) is 2.38. The van der Waals surface area contributed by atoms with Crippen molar-refractivity contribution in [1.29, 1.82) is 0 Å². The van der Waals surface area contributed by atoms with E-state index in [9.17, 15) is 0 Å². The van der Waals surface area contributed by atoms with Crippen molar-refractivity contribution in [3.8, 4) is 0 Å². The van der Waals surface area contributed by atoms with E-state index in [1.165, 1.54) is 19.6 Å². The molecule has 0 unspecified atom stereocenters. The molecule has 0 aliphatic heterocycles. The maximum absolute atomic E-state index is 2.38. The zero-order valence-electron chi connectivity index (χ0n) is 7.69. The van der Waals surface area contributed by atoms with E-state index >= 15 is 0 Å². The lowest BCUT2D eigenvalue weighted by Gasteiger charge is -2.13. The summed E-state index contributed by atoms with van der Waals surface area (Å²) in [5.74, 6) is 0. The highest BCUT2D eigenvalue weighted by atomic mass is 15.1. The lowest BCUT2D eigenvalue weighted by molar-refractivity contribution is 0.321. The highest BCUT2D eigenvalue weighted by molar-refractivity contribution is 4.43. The molecule has 0 aliphatic rings. The second-order valence-corrected chi connectivity index (χ2v) is 1.62. The van der Waals surface area contributed by atoms with Crippen molar-refractivity contribution >= 4 is 0 Å². The Morgan fingerprint density at radius 2 is 0.900 bits per heavy atom. The van der Waals surface area contributed by atoms with Gasteiger partial charge < -0.3 is 23.4 Å². The van der Waals surface area contributed by atoms with Crippen molar-refractivity contribution in [2.75, 3.05) is 19.6 Å². The van der Waals surface area contributed by atoms with E-state index in [1.54, 1.807) is 0 Å². The van der Waals surface area contributed by atoms with Crippen LogP contribution in [0, 0.1) is 0 Å². The first-order valence-electron chi connectivity index (χ1n) is 3.07. The van der Waals surface area contributed by atoms with Gasteiger partial charge >= 0.3 is 0 Å². The minimum absolute atomic E-state index is 0. The van der Waals surface area contributed by atoms with E-state index in [0.717, 1.165) is 0 Å². The Morgan fingerprint density at radius 1 is 0.700 bits per heavy atom. The number of rotatable bonds is 3. The number of hydrogen-bond donors (Lipinski definition) is 3. The quantitative estimate of drug-likeness (QED) is 0.573. The van der Waals surface area contributed by atoms with Gasteiger partial charge in [-0.2, -0.15) is 0 Å². The third-order valence-electron chi connectivity index (χ3n) is 1.34. The molecule has 0 aromatic rings. The Morgan fingerprint density at radius 3 is 0.900 bits per heavy atom. The minimum Gasteiger partial charge on any atom is -0.344 e. The molecule has 9 N–H and O–H groups in total. The van der Waals surface area contributed by atoms with Crippen LogP contribution in [0.25, 0.3) is 0 Å². The summed E-state index contributed by atoms with van der Waals surface area (Å²) in [7, 11) is 0. The van der Waals surface area contributed by atoms with E-state index in [1.807, 2.05) is 0 Å². The molecule has 0 heterocycles. The molecule has 0 spiro atoms. The van der Waals surface area contributed by atoms with Crippen molar-refractivity contribution in [2.45, 2.75) is 20.8 Å². The summed E-state index contributed by atoms with van der Waals surface area (Å²) in [6.45, 7) is 10.1. The van der Waals surface area contributed by atoms with Crippen LogP contribution >= 0.6 is 0 Å². The SMILES string of the molecule is CCN(CC)CC.N.N.N. The maximum Gasteiger partial charge on any atom is -0.00474 e. The van der Waals surface area contributed by atoms with Gasteiger partial charge in [0.25, 0.3) is 0 Å². The molecular weight excluding hydrogens is 128 g/mol. The van der Waals surface area contributed by atoms with Gasteiger partial charge in [-0.3, -0.25) is 0 Å². The fourth-order valence-electron chi connectivity index (χ4n) is 0.671. The highest BCUT2D eigenvalue weighted by Gasteiger charge is 1.89. The molecule has 0 rings (SSSR count). The molecule has 0 aromatic carbocycles. The Bertz CT molecular complexity index is 31.2. The molecule has 0 bridgehead atoms. The molecule has 4 heteroatoms. The van der Waals surface area contributed by atoms with Crippen molar-refractivity contribution in [3.63, 3.8) is 0 Å². The summed E-state index contributed by atoms with van der Waals surface area (Å²) >= 11 is 0. The molecule has 4 nitrogen and oxygen atoms in total. The van der Waals surface area contributed by atoms with Crippen LogP contribution in [0.2, 0.25) is 0 Å². The molecule has 0 saturated heterocycles. The van der Waals surface area contributed by atoms with E-state index < -0.39 is 0 Å². The van der Waals surface area contributed by atoms with Gasteiger partial charge in [-0.15, -0.1) is 0 Å². The van der Waals surface area contributed by atoms with E-state index in [-0.39, 0.29) is 18.5 Å². The minimum atomic E-state index is 0. The maximum atomic E-state index is 2.38. The van der Waals surface area contributed by atoms with Crippen LogP contribution in [0.15, 0.2) is 0 Å². The summed E-state index contributed by atoms with van der Waals surface area (Å²) in [5, 5.41) is 0. The summed E-state index contributed by atoms with van der Waals surface area (Å²) in [6, 6.07) is 0. The van der Waals surface area contributed by atoms with Crippen molar-refractivity contribution in [3.05, 3.63) is 0 Å². The van der Waals surface area contributed by atoms with Crippen LogP contribution in [0.5, 0.6) is 0 Å². The van der Waals surface area contributed by atoms with Crippen LogP contribution < -0.4 is 18.5 Å². The fourth-order valence-corrected chi connectivity index (χ4v) is 0.671. The van der Waals surface area contributed by atoms with Gasteiger partial charge in [0.1, 0.15) is 0 Å². The van der Waals surface area contributed by atoms with Crippen LogP contribution in [0.4, 0.5) is 0 Å². The normalized spacial score (nSPS) is 7.20. The van der Waals surface area contributed by atoms with E-state index in [4.69, 9.17) is 0 Å². The highest BCUT2D eigenvalue weighted by Crippen LogP contribution is 1.81. The molecule has 0 atom stereocenters. The summed E-state index contributed by atoms with van der Waals surface area (Å²) in [6.07, 6.45) is 0. The summed E-state index contributed by atoms with van der Waals surface area (Å²) in [5.41, 5.74) is 0. The Labute approximate surface area is 64.7 Å². The third-order valence-corrected chi connectivity index (χ3v) is 1.34. The van der Waals surface area contributed by atoms with Gasteiger partial charge in [0.05, 0.1) is 0 Å². The Hall–Kier alpha value is -0.160. The average molecular weight is 152 g/mol. The lowest BCUT2D eigenvalue weighted by atomic mass is 10.5. The monoisotopic (exact) mass is 152 g/mol. The van der Waals surface area contributed by atoms with E-state index in [2.05, 4.69) is 25.7 Å². The van der Waals surface area contributed by atoms with Crippen LogP contribution in [-0.4, -0.2) is 24.5 Å². The van der Waals surface area contributed by atoms with Gasteiger partial charge in [-0.1, -0.05) is 20.8 Å². The third kappa shape index (κ3) is 10.8. The van der Waals surface area contributed by atoms with Crippen molar-refractivity contribution in [1.82, 2.24) is 23.4 Å². The van der Waals surface area contributed by atoms with Gasteiger partial charge in [0, 0.05) is 0 Å². The van der Waals surface area contributed by atoms with Crippen molar-refractivity contribution in [2.24, 2.45) is 0 Å². The number of hydrogen-bond acceptors (Lipinski definition) is 4. The first kappa shape index (κ1) is 22.5. The molecule has 0 radical (unpaired) electrons. The molecule has 0 fully saturated rings. The molecule has 0 aliphatic carbocycles. The lowest BCUT2D eigenvalue weighted by Crippen LogP contribution is -2.21. The van der Waals surface area contributed by atoms with Gasteiger partial charge in [0.15, 0.2) is 0 Å². The first-order valence-corrected chi connectivity index (χ1v) is 3.07. The average Bonchev–Trinajstić information content (AvgIpc) is 1.72. The van der Waals surface area contributed by atoms with Crippen molar-refractivity contribution < 1.29 is 0 Å². The van der Waals surface area contributed by atoms with Gasteiger partial charge in [-0.05, 0) is 19.6 Å². The second kappa shape index (κ2) is 15.9. The Kier molecular flexibility index (Phi) is 35.9.